The molecule has 0 bridgehead atoms. The number of ketones is 1. The van der Waals surface area contributed by atoms with Crippen LogP contribution >= 0.6 is 0 Å². The van der Waals surface area contributed by atoms with Crippen molar-refractivity contribution >= 4 is 5.78 Å². The van der Waals surface area contributed by atoms with E-state index in [0.717, 1.165) is 11.3 Å². The molecule has 0 N–H and O–H groups in total. The molecule has 0 amide bonds. The second kappa shape index (κ2) is 4.80. The van der Waals surface area contributed by atoms with E-state index in [0.29, 0.717) is 6.42 Å². The average Bonchev–Trinajstić information content (AvgIpc) is 2.27. The molecule has 2 nitrogen and oxygen atoms in total. The van der Waals surface area contributed by atoms with E-state index in [1.807, 2.05) is 38.1 Å². The summed E-state index contributed by atoms with van der Waals surface area (Å²) in [4.78, 5) is 11.4. The van der Waals surface area contributed by atoms with Crippen LogP contribution in [0, 0.1) is 0 Å². The van der Waals surface area contributed by atoms with Crippen molar-refractivity contribution in [3.8, 4) is 5.75 Å². The predicted molar refractivity (Wildman–Crippen MR) is 56.7 cm³/mol. The van der Waals surface area contributed by atoms with Crippen molar-refractivity contribution in [2.24, 2.45) is 0 Å². The molecule has 1 aromatic carbocycles. The van der Waals surface area contributed by atoms with Crippen LogP contribution in [-0.4, -0.2) is 12.9 Å². The lowest BCUT2D eigenvalue weighted by atomic mass is 9.95. The Kier molecular flexibility index (Phi) is 3.69. The highest BCUT2D eigenvalue weighted by Gasteiger charge is 2.12. The van der Waals surface area contributed by atoms with E-state index in [9.17, 15) is 4.79 Å². The SMILES string of the molecule is CCC(=O)C(C)c1ccc(OC)cc1. The topological polar surface area (TPSA) is 26.3 Å². The molecule has 0 aromatic heterocycles. The Balaban J connectivity index is 2.81. The van der Waals surface area contributed by atoms with Crippen molar-refractivity contribution in [3.05, 3.63) is 29.8 Å². The fourth-order valence-electron chi connectivity index (χ4n) is 1.38. The molecule has 1 aromatic rings. The molecular weight excluding hydrogens is 176 g/mol. The van der Waals surface area contributed by atoms with Crippen LogP contribution < -0.4 is 4.74 Å². The third-order valence-corrected chi connectivity index (χ3v) is 2.45. The van der Waals surface area contributed by atoms with Gasteiger partial charge in [-0.2, -0.15) is 0 Å². The molecule has 0 saturated heterocycles. The zero-order valence-electron chi connectivity index (χ0n) is 8.91. The summed E-state index contributed by atoms with van der Waals surface area (Å²) in [6.45, 7) is 3.83. The van der Waals surface area contributed by atoms with Gasteiger partial charge in [-0.25, -0.2) is 0 Å². The van der Waals surface area contributed by atoms with E-state index in [-0.39, 0.29) is 11.7 Å². The molecule has 0 spiro atoms. The monoisotopic (exact) mass is 192 g/mol. The lowest BCUT2D eigenvalue weighted by Gasteiger charge is -2.09. The van der Waals surface area contributed by atoms with Crippen molar-refractivity contribution in [3.63, 3.8) is 0 Å². The van der Waals surface area contributed by atoms with Gasteiger partial charge in [0.15, 0.2) is 0 Å². The van der Waals surface area contributed by atoms with Crippen molar-refractivity contribution < 1.29 is 9.53 Å². The van der Waals surface area contributed by atoms with E-state index in [4.69, 9.17) is 4.74 Å². The Morgan fingerprint density at radius 1 is 1.36 bits per heavy atom. The zero-order chi connectivity index (χ0) is 10.6. The molecule has 1 atom stereocenters. The van der Waals surface area contributed by atoms with Crippen molar-refractivity contribution in [2.45, 2.75) is 26.2 Å². The van der Waals surface area contributed by atoms with Gasteiger partial charge >= 0.3 is 0 Å². The molecule has 0 aliphatic heterocycles. The second-order valence-electron chi connectivity index (χ2n) is 3.31. The highest BCUT2D eigenvalue weighted by atomic mass is 16.5. The Morgan fingerprint density at radius 3 is 2.36 bits per heavy atom. The molecule has 76 valence electrons. The third kappa shape index (κ3) is 2.34. The van der Waals surface area contributed by atoms with Crippen LogP contribution in [0.5, 0.6) is 5.75 Å². The smallest absolute Gasteiger partial charge is 0.139 e. The number of carbonyl (C=O) groups is 1. The molecule has 1 rings (SSSR count). The standard InChI is InChI=1S/C12H16O2/c1-4-12(13)9(2)10-5-7-11(14-3)8-6-10/h5-9H,4H2,1-3H3. The first-order valence-corrected chi connectivity index (χ1v) is 4.85. The summed E-state index contributed by atoms with van der Waals surface area (Å²) in [5, 5.41) is 0. The lowest BCUT2D eigenvalue weighted by molar-refractivity contribution is -0.119. The van der Waals surface area contributed by atoms with E-state index >= 15 is 0 Å². The zero-order valence-corrected chi connectivity index (χ0v) is 8.91. The van der Waals surface area contributed by atoms with E-state index in [1.54, 1.807) is 7.11 Å². The van der Waals surface area contributed by atoms with Gasteiger partial charge < -0.3 is 4.74 Å². The quantitative estimate of drug-likeness (QED) is 0.733. The predicted octanol–water partition coefficient (Wildman–Crippen LogP) is 2.78. The summed E-state index contributed by atoms with van der Waals surface area (Å²) in [5.74, 6) is 1.09. The summed E-state index contributed by atoms with van der Waals surface area (Å²) in [7, 11) is 1.63. The largest absolute Gasteiger partial charge is 0.497 e. The van der Waals surface area contributed by atoms with E-state index < -0.39 is 0 Å². The van der Waals surface area contributed by atoms with Crippen LogP contribution in [-0.2, 0) is 4.79 Å². The fourth-order valence-corrected chi connectivity index (χ4v) is 1.38. The summed E-state index contributed by atoms with van der Waals surface area (Å²) >= 11 is 0. The molecule has 0 radical (unpaired) electrons. The van der Waals surface area contributed by atoms with Gasteiger partial charge in [0.1, 0.15) is 11.5 Å². The number of Topliss-reactive ketones (excluding diaryl/α,β-unsaturated/α-hetero) is 1. The van der Waals surface area contributed by atoms with Crippen LogP contribution in [0.2, 0.25) is 0 Å². The van der Waals surface area contributed by atoms with E-state index in [1.165, 1.54) is 0 Å². The molecule has 0 heterocycles. The number of benzene rings is 1. The first kappa shape index (κ1) is 10.8. The van der Waals surface area contributed by atoms with Gasteiger partial charge in [-0.05, 0) is 17.7 Å². The average molecular weight is 192 g/mol. The van der Waals surface area contributed by atoms with Crippen LogP contribution in [0.15, 0.2) is 24.3 Å². The van der Waals surface area contributed by atoms with Gasteiger partial charge in [0, 0.05) is 12.3 Å². The molecule has 2 heteroatoms. The Morgan fingerprint density at radius 2 is 1.93 bits per heavy atom. The fraction of sp³-hybridized carbons (Fsp3) is 0.417. The number of methoxy groups -OCH3 is 1. The van der Waals surface area contributed by atoms with Crippen LogP contribution in [0.4, 0.5) is 0 Å². The summed E-state index contributed by atoms with van der Waals surface area (Å²) in [6, 6.07) is 7.65. The normalized spacial score (nSPS) is 12.2. The van der Waals surface area contributed by atoms with Gasteiger partial charge in [-0.3, -0.25) is 4.79 Å². The van der Waals surface area contributed by atoms with Crippen LogP contribution in [0.25, 0.3) is 0 Å². The molecule has 0 aliphatic carbocycles. The van der Waals surface area contributed by atoms with Gasteiger partial charge in [-0.1, -0.05) is 26.0 Å². The number of carbonyl (C=O) groups excluding carboxylic acids is 1. The summed E-state index contributed by atoms with van der Waals surface area (Å²) in [6.07, 6.45) is 0.590. The minimum absolute atomic E-state index is 0.00842. The first-order chi connectivity index (χ1) is 6.69. The highest BCUT2D eigenvalue weighted by molar-refractivity contribution is 5.85. The third-order valence-electron chi connectivity index (χ3n) is 2.45. The number of hydrogen-bond donors (Lipinski definition) is 0. The molecule has 0 aliphatic rings. The van der Waals surface area contributed by atoms with Crippen LogP contribution in [0.1, 0.15) is 31.7 Å². The number of rotatable bonds is 4. The second-order valence-corrected chi connectivity index (χ2v) is 3.31. The Bertz CT molecular complexity index is 301. The first-order valence-electron chi connectivity index (χ1n) is 4.85. The minimum Gasteiger partial charge on any atom is -0.497 e. The van der Waals surface area contributed by atoms with Gasteiger partial charge in [0.2, 0.25) is 0 Å². The maximum Gasteiger partial charge on any atom is 0.139 e. The Hall–Kier alpha value is -1.31. The molecule has 14 heavy (non-hydrogen) atoms. The highest BCUT2D eigenvalue weighted by Crippen LogP contribution is 2.20. The summed E-state index contributed by atoms with van der Waals surface area (Å²) < 4.78 is 5.05. The number of hydrogen-bond acceptors (Lipinski definition) is 2. The van der Waals surface area contributed by atoms with E-state index in [2.05, 4.69) is 0 Å². The van der Waals surface area contributed by atoms with Gasteiger partial charge in [0.25, 0.3) is 0 Å². The van der Waals surface area contributed by atoms with Crippen molar-refractivity contribution in [1.29, 1.82) is 0 Å². The lowest BCUT2D eigenvalue weighted by Crippen LogP contribution is -2.07. The molecular formula is C12H16O2. The van der Waals surface area contributed by atoms with Crippen molar-refractivity contribution in [1.82, 2.24) is 0 Å². The maximum absolute atomic E-state index is 11.4. The molecule has 0 fully saturated rings. The summed E-state index contributed by atoms with van der Waals surface area (Å²) in [5.41, 5.74) is 1.05. The van der Waals surface area contributed by atoms with Crippen molar-refractivity contribution in [2.75, 3.05) is 7.11 Å². The molecule has 1 unspecified atom stereocenters. The Labute approximate surface area is 84.9 Å². The van der Waals surface area contributed by atoms with Gasteiger partial charge in [0.05, 0.1) is 7.11 Å². The van der Waals surface area contributed by atoms with Gasteiger partial charge in [-0.15, -0.1) is 0 Å². The maximum atomic E-state index is 11.4. The molecule has 0 saturated carbocycles. The minimum atomic E-state index is -0.00842. The number of ether oxygens (including phenoxy) is 1. The van der Waals surface area contributed by atoms with Crippen LogP contribution in [0.3, 0.4) is 0 Å².